The van der Waals surface area contributed by atoms with Crippen LogP contribution < -0.4 is 5.32 Å². The van der Waals surface area contributed by atoms with Gasteiger partial charge >= 0.3 is 6.18 Å². The van der Waals surface area contributed by atoms with Gasteiger partial charge in [0.1, 0.15) is 5.15 Å². The second-order valence-electron chi connectivity index (χ2n) is 5.57. The lowest BCUT2D eigenvalue weighted by atomic mass is 10.1. The first kappa shape index (κ1) is 19.2. The Morgan fingerprint density at radius 3 is 2.11 bits per heavy atom. The molecule has 0 saturated heterocycles. The Morgan fingerprint density at radius 1 is 0.889 bits per heavy atom. The summed E-state index contributed by atoms with van der Waals surface area (Å²) in [6, 6.07) is 13.9. The summed E-state index contributed by atoms with van der Waals surface area (Å²) in [4.78, 5) is 16.4. The Hall–Kier alpha value is -2.57. The lowest BCUT2D eigenvalue weighted by Crippen LogP contribution is -2.12. The molecule has 0 aliphatic rings. The first-order valence-electron chi connectivity index (χ1n) is 7.65. The standard InChI is InChI=1S/C19H11Cl2F3N2O/c20-15-9-10-16(21)26-17(15)11-1-3-12(4-2-11)18(27)25-14-7-5-13(6-8-14)19(22,23)24/h1-10H,(H,25,27). The summed E-state index contributed by atoms with van der Waals surface area (Å²) < 4.78 is 37.7. The van der Waals surface area contributed by atoms with Gasteiger partial charge in [-0.1, -0.05) is 35.3 Å². The van der Waals surface area contributed by atoms with Crippen molar-refractivity contribution in [3.63, 3.8) is 0 Å². The van der Waals surface area contributed by atoms with Crippen LogP contribution in [0, 0.1) is 0 Å². The fraction of sp³-hybridized carbons (Fsp3) is 0.0526. The van der Waals surface area contributed by atoms with Crippen molar-refractivity contribution in [2.75, 3.05) is 5.32 Å². The smallest absolute Gasteiger partial charge is 0.322 e. The number of anilines is 1. The zero-order valence-electron chi connectivity index (χ0n) is 13.5. The average molecular weight is 411 g/mol. The molecule has 0 fully saturated rings. The van der Waals surface area contributed by atoms with E-state index < -0.39 is 17.6 Å². The van der Waals surface area contributed by atoms with Crippen molar-refractivity contribution in [1.29, 1.82) is 0 Å². The molecule has 3 nitrogen and oxygen atoms in total. The highest BCUT2D eigenvalue weighted by molar-refractivity contribution is 6.34. The van der Waals surface area contributed by atoms with E-state index >= 15 is 0 Å². The summed E-state index contributed by atoms with van der Waals surface area (Å²) in [5.41, 5.74) is 0.969. The van der Waals surface area contributed by atoms with Crippen LogP contribution >= 0.6 is 23.2 Å². The van der Waals surface area contributed by atoms with Gasteiger partial charge in [-0.25, -0.2) is 4.98 Å². The Labute approximate surface area is 162 Å². The molecule has 0 atom stereocenters. The van der Waals surface area contributed by atoms with Gasteiger partial charge in [0.05, 0.1) is 16.3 Å². The molecule has 0 aliphatic heterocycles. The van der Waals surface area contributed by atoms with E-state index in [1.54, 1.807) is 36.4 Å². The van der Waals surface area contributed by atoms with Crippen LogP contribution in [0.15, 0.2) is 60.7 Å². The summed E-state index contributed by atoms with van der Waals surface area (Å²) in [5, 5.41) is 3.26. The van der Waals surface area contributed by atoms with E-state index in [1.165, 1.54) is 12.1 Å². The summed E-state index contributed by atoms with van der Waals surface area (Å²) in [7, 11) is 0. The molecule has 1 amide bonds. The molecule has 0 aliphatic carbocycles. The number of nitrogens with one attached hydrogen (secondary N) is 1. The molecule has 0 radical (unpaired) electrons. The van der Waals surface area contributed by atoms with Crippen LogP contribution in [0.2, 0.25) is 10.2 Å². The van der Waals surface area contributed by atoms with E-state index in [1.807, 2.05) is 0 Å². The molecular weight excluding hydrogens is 400 g/mol. The minimum Gasteiger partial charge on any atom is -0.322 e. The number of rotatable bonds is 3. The zero-order chi connectivity index (χ0) is 19.6. The minimum absolute atomic E-state index is 0.261. The largest absolute Gasteiger partial charge is 0.416 e. The third kappa shape index (κ3) is 4.59. The van der Waals surface area contributed by atoms with Crippen molar-refractivity contribution in [2.45, 2.75) is 6.18 Å². The molecule has 0 saturated carbocycles. The maximum atomic E-state index is 12.6. The lowest BCUT2D eigenvalue weighted by Gasteiger charge is -2.09. The van der Waals surface area contributed by atoms with Crippen molar-refractivity contribution in [3.05, 3.63) is 82.0 Å². The van der Waals surface area contributed by atoms with E-state index in [2.05, 4.69) is 10.3 Å². The van der Waals surface area contributed by atoms with Gasteiger partial charge in [-0.2, -0.15) is 13.2 Å². The van der Waals surface area contributed by atoms with Crippen LogP contribution in [-0.2, 0) is 6.18 Å². The molecule has 1 N–H and O–H groups in total. The van der Waals surface area contributed by atoms with Gasteiger partial charge in [0, 0.05) is 16.8 Å². The molecule has 3 aromatic rings. The number of benzene rings is 2. The number of nitrogens with zero attached hydrogens (tertiary/aromatic N) is 1. The third-order valence-electron chi connectivity index (χ3n) is 3.70. The highest BCUT2D eigenvalue weighted by atomic mass is 35.5. The van der Waals surface area contributed by atoms with Crippen LogP contribution in [0.1, 0.15) is 15.9 Å². The molecule has 27 heavy (non-hydrogen) atoms. The number of halogens is 5. The maximum Gasteiger partial charge on any atom is 0.416 e. The van der Waals surface area contributed by atoms with Gasteiger partial charge in [0.15, 0.2) is 0 Å². The predicted octanol–water partition coefficient (Wildman–Crippen LogP) is 6.33. The monoisotopic (exact) mass is 410 g/mol. The molecule has 0 bridgehead atoms. The van der Waals surface area contributed by atoms with Gasteiger partial charge < -0.3 is 5.32 Å². The average Bonchev–Trinajstić information content (AvgIpc) is 2.63. The summed E-state index contributed by atoms with van der Waals surface area (Å²) in [5.74, 6) is -0.452. The highest BCUT2D eigenvalue weighted by Crippen LogP contribution is 2.30. The summed E-state index contributed by atoms with van der Waals surface area (Å²) >= 11 is 12.0. The first-order valence-corrected chi connectivity index (χ1v) is 8.41. The van der Waals surface area contributed by atoms with Crippen LogP contribution in [0.25, 0.3) is 11.3 Å². The van der Waals surface area contributed by atoms with Gasteiger partial charge in [-0.3, -0.25) is 4.79 Å². The lowest BCUT2D eigenvalue weighted by molar-refractivity contribution is -0.137. The van der Waals surface area contributed by atoms with E-state index in [9.17, 15) is 18.0 Å². The van der Waals surface area contributed by atoms with E-state index in [-0.39, 0.29) is 5.69 Å². The number of hydrogen-bond acceptors (Lipinski definition) is 2. The van der Waals surface area contributed by atoms with Crippen molar-refractivity contribution < 1.29 is 18.0 Å². The maximum absolute atomic E-state index is 12.6. The summed E-state index contributed by atoms with van der Waals surface area (Å²) in [6.45, 7) is 0. The molecule has 8 heteroatoms. The SMILES string of the molecule is O=C(Nc1ccc(C(F)(F)F)cc1)c1ccc(-c2nc(Cl)ccc2Cl)cc1. The number of aromatic nitrogens is 1. The first-order chi connectivity index (χ1) is 12.7. The molecule has 138 valence electrons. The highest BCUT2D eigenvalue weighted by Gasteiger charge is 2.30. The van der Waals surface area contributed by atoms with Crippen LogP contribution in [-0.4, -0.2) is 10.9 Å². The second kappa shape index (κ2) is 7.58. The zero-order valence-corrected chi connectivity index (χ0v) is 15.0. The van der Waals surface area contributed by atoms with Gasteiger partial charge in [-0.05, 0) is 48.5 Å². The predicted molar refractivity (Wildman–Crippen MR) is 99.1 cm³/mol. The van der Waals surface area contributed by atoms with Crippen LogP contribution in [0.3, 0.4) is 0 Å². The van der Waals surface area contributed by atoms with Crippen molar-refractivity contribution in [3.8, 4) is 11.3 Å². The van der Waals surface area contributed by atoms with Crippen LogP contribution in [0.5, 0.6) is 0 Å². The molecule has 0 unspecified atom stereocenters. The van der Waals surface area contributed by atoms with E-state index in [0.29, 0.717) is 27.0 Å². The number of hydrogen-bond donors (Lipinski definition) is 1. The van der Waals surface area contributed by atoms with Gasteiger partial charge in [-0.15, -0.1) is 0 Å². The van der Waals surface area contributed by atoms with Gasteiger partial charge in [0.25, 0.3) is 5.91 Å². The molecule has 0 spiro atoms. The number of pyridine rings is 1. The fourth-order valence-corrected chi connectivity index (χ4v) is 2.71. The Kier molecular flexibility index (Phi) is 5.39. The van der Waals surface area contributed by atoms with Crippen molar-refractivity contribution in [2.24, 2.45) is 0 Å². The topological polar surface area (TPSA) is 42.0 Å². The Morgan fingerprint density at radius 2 is 1.52 bits per heavy atom. The summed E-state index contributed by atoms with van der Waals surface area (Å²) in [6.07, 6.45) is -4.42. The van der Waals surface area contributed by atoms with Crippen molar-refractivity contribution >= 4 is 34.8 Å². The van der Waals surface area contributed by atoms with E-state index in [0.717, 1.165) is 12.1 Å². The van der Waals surface area contributed by atoms with Gasteiger partial charge in [0.2, 0.25) is 0 Å². The number of alkyl halides is 3. The molecule has 1 aromatic heterocycles. The molecular formula is C19H11Cl2F3N2O. The van der Waals surface area contributed by atoms with Crippen molar-refractivity contribution in [1.82, 2.24) is 4.98 Å². The number of amides is 1. The van der Waals surface area contributed by atoms with E-state index in [4.69, 9.17) is 23.2 Å². The van der Waals surface area contributed by atoms with Crippen LogP contribution in [0.4, 0.5) is 18.9 Å². The molecule has 2 aromatic carbocycles. The minimum atomic E-state index is -4.42. The third-order valence-corrected chi connectivity index (χ3v) is 4.22. The molecule has 1 heterocycles. The normalized spacial score (nSPS) is 11.3. The Bertz CT molecular complexity index is 972. The quantitative estimate of drug-likeness (QED) is 0.512. The number of carbonyl (C=O) groups excluding carboxylic acids is 1. The fourth-order valence-electron chi connectivity index (χ4n) is 2.35. The second-order valence-corrected chi connectivity index (χ2v) is 6.37. The number of carbonyl (C=O) groups is 1. The molecule has 3 rings (SSSR count). The Balaban J connectivity index is 1.75.